The van der Waals surface area contributed by atoms with E-state index in [-0.39, 0.29) is 11.5 Å². The molecule has 0 radical (unpaired) electrons. The number of aromatic nitrogens is 1. The summed E-state index contributed by atoms with van der Waals surface area (Å²) in [5.74, 6) is 0.714. The first-order valence-electron chi connectivity index (χ1n) is 12.2. The molecule has 1 aromatic heterocycles. The zero-order chi connectivity index (χ0) is 26.4. The number of aryl methyl sites for hydroxylation is 1. The van der Waals surface area contributed by atoms with Gasteiger partial charge in [0, 0.05) is 31.0 Å². The summed E-state index contributed by atoms with van der Waals surface area (Å²) in [6, 6.07) is 7.68. The van der Waals surface area contributed by atoms with Gasteiger partial charge < -0.3 is 23.7 Å². The molecule has 2 heterocycles. The highest BCUT2D eigenvalue weighted by molar-refractivity contribution is 5.99. The number of amides is 1. The van der Waals surface area contributed by atoms with Crippen molar-refractivity contribution in [2.24, 2.45) is 5.92 Å². The molecule has 8 heteroatoms. The normalized spacial score (nSPS) is 13.3. The molecule has 2 aromatic rings. The number of fused-ring (bicyclic) bond motifs is 1. The third-order valence-electron chi connectivity index (χ3n) is 6.58. The average Bonchev–Trinajstić information content (AvgIpc) is 3.14. The SMILES string of the molecule is COc1cc2c(cc1OC)CN(C(=O)COC(=O)/C(C#N)=C/c1cc(C)n(CCC(C)C)c1C)CC2. The summed E-state index contributed by atoms with van der Waals surface area (Å²) in [5, 5.41) is 9.57. The predicted octanol–water partition coefficient (Wildman–Crippen LogP) is 4.20. The molecule has 1 aromatic carbocycles. The molecule has 0 aliphatic carbocycles. The van der Waals surface area contributed by atoms with Gasteiger partial charge >= 0.3 is 5.97 Å². The van der Waals surface area contributed by atoms with Crippen molar-refractivity contribution in [3.8, 4) is 17.6 Å². The number of carbonyl (C=O) groups is 2. The van der Waals surface area contributed by atoms with Crippen molar-refractivity contribution in [2.75, 3.05) is 27.4 Å². The minimum absolute atomic E-state index is 0.132. The fourth-order valence-corrected chi connectivity index (χ4v) is 4.39. The fraction of sp³-hybridized carbons (Fsp3) is 0.464. The summed E-state index contributed by atoms with van der Waals surface area (Å²) >= 11 is 0. The van der Waals surface area contributed by atoms with Crippen LogP contribution in [0, 0.1) is 31.1 Å². The summed E-state index contributed by atoms with van der Waals surface area (Å²) in [7, 11) is 3.16. The van der Waals surface area contributed by atoms with Gasteiger partial charge in [0.1, 0.15) is 11.6 Å². The van der Waals surface area contributed by atoms with Crippen molar-refractivity contribution in [1.82, 2.24) is 9.47 Å². The van der Waals surface area contributed by atoms with Crippen LogP contribution in [0.25, 0.3) is 6.08 Å². The molecule has 0 spiro atoms. The van der Waals surface area contributed by atoms with E-state index in [1.807, 2.05) is 38.1 Å². The van der Waals surface area contributed by atoms with E-state index in [0.717, 1.165) is 41.0 Å². The number of esters is 1. The van der Waals surface area contributed by atoms with E-state index in [1.54, 1.807) is 19.1 Å². The average molecular weight is 494 g/mol. The molecule has 3 rings (SSSR count). The number of ether oxygens (including phenoxy) is 3. The number of hydrogen-bond donors (Lipinski definition) is 0. The molecule has 0 saturated carbocycles. The first kappa shape index (κ1) is 26.9. The van der Waals surface area contributed by atoms with Gasteiger partial charge in [0.2, 0.25) is 0 Å². The highest BCUT2D eigenvalue weighted by Gasteiger charge is 2.24. The van der Waals surface area contributed by atoms with Gasteiger partial charge in [-0.1, -0.05) is 13.8 Å². The van der Waals surface area contributed by atoms with E-state index >= 15 is 0 Å². The largest absolute Gasteiger partial charge is 0.493 e. The first-order valence-corrected chi connectivity index (χ1v) is 12.2. The Bertz CT molecular complexity index is 1200. The summed E-state index contributed by atoms with van der Waals surface area (Å²) in [6.07, 6.45) is 3.24. The van der Waals surface area contributed by atoms with E-state index in [0.29, 0.717) is 36.9 Å². The van der Waals surface area contributed by atoms with Gasteiger partial charge in [-0.15, -0.1) is 0 Å². The van der Waals surface area contributed by atoms with Crippen molar-refractivity contribution < 1.29 is 23.8 Å². The molecule has 8 nitrogen and oxygen atoms in total. The monoisotopic (exact) mass is 493 g/mol. The van der Waals surface area contributed by atoms with Crippen LogP contribution in [-0.2, 0) is 33.8 Å². The van der Waals surface area contributed by atoms with Crippen molar-refractivity contribution in [2.45, 2.75) is 53.6 Å². The zero-order valence-electron chi connectivity index (χ0n) is 22.0. The molecule has 1 amide bonds. The van der Waals surface area contributed by atoms with E-state index in [9.17, 15) is 14.9 Å². The molecule has 0 saturated heterocycles. The lowest BCUT2D eigenvalue weighted by Crippen LogP contribution is -2.38. The second kappa shape index (κ2) is 11.8. The standard InChI is InChI=1S/C28H35N3O5/c1-18(2)7-10-31-19(3)11-22(20(31)4)12-23(15-29)28(33)36-17-27(32)30-9-8-21-13-25(34-5)26(35-6)14-24(21)16-30/h11-14,18H,7-10,16-17H2,1-6H3/b23-12+. The molecule has 36 heavy (non-hydrogen) atoms. The Morgan fingerprint density at radius 1 is 1.11 bits per heavy atom. The van der Waals surface area contributed by atoms with Crippen LogP contribution in [0.4, 0.5) is 0 Å². The number of rotatable bonds is 9. The van der Waals surface area contributed by atoms with Crippen LogP contribution in [0.5, 0.6) is 11.5 Å². The van der Waals surface area contributed by atoms with Crippen molar-refractivity contribution in [1.29, 1.82) is 5.26 Å². The Morgan fingerprint density at radius 2 is 1.78 bits per heavy atom. The fourth-order valence-electron chi connectivity index (χ4n) is 4.39. The van der Waals surface area contributed by atoms with Gasteiger partial charge in [0.25, 0.3) is 5.91 Å². The maximum Gasteiger partial charge on any atom is 0.349 e. The van der Waals surface area contributed by atoms with E-state index in [2.05, 4.69) is 18.4 Å². The second-order valence-electron chi connectivity index (χ2n) is 9.45. The topological polar surface area (TPSA) is 93.8 Å². The molecular formula is C28H35N3O5. The third kappa shape index (κ3) is 6.09. The Morgan fingerprint density at radius 3 is 2.39 bits per heavy atom. The molecule has 1 aliphatic rings. The Kier molecular flexibility index (Phi) is 8.81. The lowest BCUT2D eigenvalue weighted by molar-refractivity contribution is -0.149. The molecule has 0 atom stereocenters. The van der Waals surface area contributed by atoms with Crippen LogP contribution in [0.3, 0.4) is 0 Å². The van der Waals surface area contributed by atoms with Crippen LogP contribution in [-0.4, -0.2) is 48.7 Å². The number of nitriles is 1. The minimum Gasteiger partial charge on any atom is -0.493 e. The lowest BCUT2D eigenvalue weighted by Gasteiger charge is -2.29. The van der Waals surface area contributed by atoms with Gasteiger partial charge in [-0.05, 0) is 73.6 Å². The number of hydrogen-bond acceptors (Lipinski definition) is 6. The molecule has 0 fully saturated rings. The van der Waals surface area contributed by atoms with Crippen molar-refractivity contribution >= 4 is 18.0 Å². The van der Waals surface area contributed by atoms with E-state index in [1.165, 1.54) is 6.08 Å². The Labute approximate surface area is 213 Å². The quantitative estimate of drug-likeness (QED) is 0.295. The first-order chi connectivity index (χ1) is 17.2. The van der Waals surface area contributed by atoms with Crippen LogP contribution in [0.2, 0.25) is 0 Å². The van der Waals surface area contributed by atoms with Crippen LogP contribution < -0.4 is 9.47 Å². The summed E-state index contributed by atoms with van der Waals surface area (Å²) in [6.45, 7) is 9.68. The number of carbonyl (C=O) groups excluding carboxylic acids is 2. The highest BCUT2D eigenvalue weighted by Crippen LogP contribution is 2.33. The third-order valence-corrected chi connectivity index (χ3v) is 6.58. The lowest BCUT2D eigenvalue weighted by atomic mass is 9.99. The smallest absolute Gasteiger partial charge is 0.349 e. The molecule has 0 unspecified atom stereocenters. The van der Waals surface area contributed by atoms with Crippen molar-refractivity contribution in [3.05, 3.63) is 51.9 Å². The van der Waals surface area contributed by atoms with Crippen LogP contribution in [0.15, 0.2) is 23.8 Å². The maximum absolute atomic E-state index is 12.8. The number of benzene rings is 1. The summed E-state index contributed by atoms with van der Waals surface area (Å²) in [5.41, 5.74) is 4.78. The van der Waals surface area contributed by atoms with E-state index in [4.69, 9.17) is 14.2 Å². The van der Waals surface area contributed by atoms with Gasteiger partial charge in [0.05, 0.1) is 14.2 Å². The van der Waals surface area contributed by atoms with Gasteiger partial charge in [-0.3, -0.25) is 4.79 Å². The maximum atomic E-state index is 12.8. The molecule has 1 aliphatic heterocycles. The van der Waals surface area contributed by atoms with Crippen LogP contribution >= 0.6 is 0 Å². The molecular weight excluding hydrogens is 458 g/mol. The second-order valence-corrected chi connectivity index (χ2v) is 9.45. The number of methoxy groups -OCH3 is 2. The van der Waals surface area contributed by atoms with Gasteiger partial charge in [0.15, 0.2) is 18.1 Å². The summed E-state index contributed by atoms with van der Waals surface area (Å²) < 4.78 is 18.2. The van der Waals surface area contributed by atoms with Gasteiger partial charge in [-0.2, -0.15) is 5.26 Å². The summed E-state index contributed by atoms with van der Waals surface area (Å²) in [4.78, 5) is 27.0. The Hall–Kier alpha value is -3.73. The Balaban J connectivity index is 1.65. The van der Waals surface area contributed by atoms with E-state index < -0.39 is 12.6 Å². The van der Waals surface area contributed by atoms with Gasteiger partial charge in [-0.25, -0.2) is 4.79 Å². The number of nitrogens with zero attached hydrogens (tertiary/aromatic N) is 3. The molecule has 192 valence electrons. The van der Waals surface area contributed by atoms with Crippen LogP contribution in [0.1, 0.15) is 48.3 Å². The molecule has 0 N–H and O–H groups in total. The molecule has 0 bridgehead atoms. The highest BCUT2D eigenvalue weighted by atomic mass is 16.5. The zero-order valence-corrected chi connectivity index (χ0v) is 22.0. The van der Waals surface area contributed by atoms with Crippen molar-refractivity contribution in [3.63, 3.8) is 0 Å². The predicted molar refractivity (Wildman–Crippen MR) is 137 cm³/mol. The minimum atomic E-state index is -0.804.